The second-order valence-corrected chi connectivity index (χ2v) is 8.07. The smallest absolute Gasteiger partial charge is 0.266 e. The summed E-state index contributed by atoms with van der Waals surface area (Å²) in [6, 6.07) is 21.9. The molecule has 0 radical (unpaired) electrons. The fourth-order valence-corrected chi connectivity index (χ4v) is 3.26. The zero-order valence-corrected chi connectivity index (χ0v) is 19.5. The Labute approximate surface area is 199 Å². The van der Waals surface area contributed by atoms with Crippen LogP contribution in [-0.4, -0.2) is 13.0 Å². The number of benzene rings is 3. The summed E-state index contributed by atoms with van der Waals surface area (Å²) in [6.45, 7) is 0.285. The zero-order valence-electron chi connectivity index (χ0n) is 16.6. The second-order valence-electron chi connectivity index (χ2n) is 6.42. The molecule has 3 rings (SSSR count). The quantitative estimate of drug-likeness (QED) is 0.222. The number of carbonyl (C=O) groups is 1. The van der Waals surface area contributed by atoms with Crippen LogP contribution in [0.25, 0.3) is 6.08 Å². The van der Waals surface area contributed by atoms with Crippen LogP contribution in [0.2, 0.25) is 5.02 Å². The molecule has 0 aliphatic heterocycles. The van der Waals surface area contributed by atoms with Gasteiger partial charge in [-0.3, -0.25) is 4.79 Å². The van der Waals surface area contributed by atoms with Gasteiger partial charge in [-0.25, -0.2) is 0 Å². The molecule has 0 aliphatic rings. The third-order valence-electron chi connectivity index (χ3n) is 4.31. The van der Waals surface area contributed by atoms with E-state index in [9.17, 15) is 10.1 Å². The molecular formula is C24H18ClIN2O3. The molecule has 31 heavy (non-hydrogen) atoms. The van der Waals surface area contributed by atoms with E-state index in [1.807, 2.05) is 36.4 Å². The molecule has 0 aliphatic carbocycles. The second kappa shape index (κ2) is 10.8. The number of rotatable bonds is 7. The van der Waals surface area contributed by atoms with E-state index in [2.05, 4.69) is 27.9 Å². The predicted octanol–water partition coefficient (Wildman–Crippen LogP) is 6.08. The highest BCUT2D eigenvalue weighted by Crippen LogP contribution is 2.30. The van der Waals surface area contributed by atoms with Crippen molar-refractivity contribution in [3.63, 3.8) is 0 Å². The first-order chi connectivity index (χ1) is 15.0. The van der Waals surface area contributed by atoms with E-state index in [1.165, 1.54) is 13.2 Å². The molecule has 0 aromatic heterocycles. The van der Waals surface area contributed by atoms with Gasteiger partial charge in [0, 0.05) is 19.8 Å². The maximum atomic E-state index is 12.5. The first kappa shape index (κ1) is 22.7. The lowest BCUT2D eigenvalue weighted by Crippen LogP contribution is -2.13. The van der Waals surface area contributed by atoms with E-state index in [-0.39, 0.29) is 12.2 Å². The minimum atomic E-state index is -0.485. The minimum absolute atomic E-state index is 0.0228. The number of nitriles is 1. The Hall–Kier alpha value is -3.02. The van der Waals surface area contributed by atoms with Gasteiger partial charge in [0.2, 0.25) is 0 Å². The van der Waals surface area contributed by atoms with Crippen molar-refractivity contribution in [3.05, 3.63) is 92.0 Å². The van der Waals surface area contributed by atoms with E-state index >= 15 is 0 Å². The number of nitrogens with zero attached hydrogens (tertiary/aromatic N) is 1. The molecule has 0 unspecified atom stereocenters. The standard InChI is InChI=1S/C24H18ClIN2O3/c1-30-23-13-16(6-11-22(23)31-15-17-4-2-3-5-21(17)25)12-18(14-27)24(29)28-20-9-7-19(26)8-10-20/h2-13H,15H2,1H3,(H,28,29)/b18-12+. The third-order valence-corrected chi connectivity index (χ3v) is 5.39. The number of carbonyl (C=O) groups excluding carboxylic acids is 1. The van der Waals surface area contributed by atoms with Crippen LogP contribution < -0.4 is 14.8 Å². The first-order valence-corrected chi connectivity index (χ1v) is 10.7. The summed E-state index contributed by atoms with van der Waals surface area (Å²) in [7, 11) is 1.53. The van der Waals surface area contributed by atoms with Crippen LogP contribution >= 0.6 is 34.2 Å². The van der Waals surface area contributed by atoms with Gasteiger partial charge in [-0.05, 0) is 76.7 Å². The fourth-order valence-electron chi connectivity index (χ4n) is 2.71. The molecule has 0 saturated carbocycles. The van der Waals surface area contributed by atoms with Crippen LogP contribution in [0.15, 0.2) is 72.3 Å². The molecule has 5 nitrogen and oxygen atoms in total. The Kier molecular flexibility index (Phi) is 7.93. The maximum Gasteiger partial charge on any atom is 0.266 e. The Morgan fingerprint density at radius 1 is 1.13 bits per heavy atom. The molecule has 7 heteroatoms. The first-order valence-electron chi connectivity index (χ1n) is 9.23. The number of hydrogen-bond donors (Lipinski definition) is 1. The van der Waals surface area contributed by atoms with Crippen molar-refractivity contribution in [2.45, 2.75) is 6.61 Å². The average Bonchev–Trinajstić information content (AvgIpc) is 2.78. The summed E-state index contributed by atoms with van der Waals surface area (Å²) >= 11 is 8.35. The lowest BCUT2D eigenvalue weighted by atomic mass is 10.1. The molecule has 0 fully saturated rings. The van der Waals surface area contributed by atoms with Crippen LogP contribution in [0.4, 0.5) is 5.69 Å². The van der Waals surface area contributed by atoms with Crippen molar-refractivity contribution < 1.29 is 14.3 Å². The molecule has 3 aromatic rings. The highest BCUT2D eigenvalue weighted by Gasteiger charge is 2.12. The number of amides is 1. The fraction of sp³-hybridized carbons (Fsp3) is 0.0833. The summed E-state index contributed by atoms with van der Waals surface area (Å²) in [5.41, 5.74) is 2.09. The average molecular weight is 545 g/mol. The van der Waals surface area contributed by atoms with Gasteiger partial charge >= 0.3 is 0 Å². The Bertz CT molecular complexity index is 1150. The summed E-state index contributed by atoms with van der Waals surface area (Å²) < 4.78 is 12.3. The summed E-state index contributed by atoms with van der Waals surface area (Å²) in [6.07, 6.45) is 1.50. The highest BCUT2D eigenvalue weighted by atomic mass is 127. The maximum absolute atomic E-state index is 12.5. The van der Waals surface area contributed by atoms with E-state index < -0.39 is 5.91 Å². The molecule has 0 heterocycles. The summed E-state index contributed by atoms with van der Waals surface area (Å²) in [4.78, 5) is 12.5. The van der Waals surface area contributed by atoms with Crippen molar-refractivity contribution >= 4 is 51.9 Å². The van der Waals surface area contributed by atoms with Gasteiger partial charge in [-0.15, -0.1) is 0 Å². The molecule has 0 saturated heterocycles. The number of anilines is 1. The molecule has 156 valence electrons. The lowest BCUT2D eigenvalue weighted by molar-refractivity contribution is -0.112. The largest absolute Gasteiger partial charge is 0.493 e. The van der Waals surface area contributed by atoms with Crippen LogP contribution in [0.1, 0.15) is 11.1 Å². The highest BCUT2D eigenvalue weighted by molar-refractivity contribution is 14.1. The minimum Gasteiger partial charge on any atom is -0.493 e. The summed E-state index contributed by atoms with van der Waals surface area (Å²) in [5.74, 6) is 0.527. The third kappa shape index (κ3) is 6.23. The predicted molar refractivity (Wildman–Crippen MR) is 130 cm³/mol. The van der Waals surface area contributed by atoms with Crippen LogP contribution in [0.3, 0.4) is 0 Å². The van der Waals surface area contributed by atoms with Gasteiger partial charge in [-0.1, -0.05) is 35.9 Å². The van der Waals surface area contributed by atoms with Gasteiger partial charge in [0.15, 0.2) is 11.5 Å². The lowest BCUT2D eigenvalue weighted by Gasteiger charge is -2.12. The number of hydrogen-bond acceptors (Lipinski definition) is 4. The van der Waals surface area contributed by atoms with E-state index in [0.717, 1.165) is 9.13 Å². The summed E-state index contributed by atoms with van der Waals surface area (Å²) in [5, 5.41) is 12.8. The van der Waals surface area contributed by atoms with E-state index in [1.54, 1.807) is 36.4 Å². The molecular weight excluding hydrogens is 527 g/mol. The van der Waals surface area contributed by atoms with Crippen molar-refractivity contribution in [1.82, 2.24) is 0 Å². The van der Waals surface area contributed by atoms with Crippen LogP contribution in [0.5, 0.6) is 11.5 Å². The Morgan fingerprint density at radius 3 is 2.55 bits per heavy atom. The SMILES string of the molecule is COc1cc(/C=C(\C#N)C(=O)Nc2ccc(I)cc2)ccc1OCc1ccccc1Cl. The zero-order chi connectivity index (χ0) is 22.2. The van der Waals surface area contributed by atoms with Gasteiger partial charge < -0.3 is 14.8 Å². The van der Waals surface area contributed by atoms with Crippen molar-refractivity contribution in [2.75, 3.05) is 12.4 Å². The van der Waals surface area contributed by atoms with Gasteiger partial charge in [0.25, 0.3) is 5.91 Å². The molecule has 0 atom stereocenters. The molecule has 1 N–H and O–H groups in total. The number of nitrogens with one attached hydrogen (secondary N) is 1. The number of halogens is 2. The monoisotopic (exact) mass is 544 g/mol. The van der Waals surface area contributed by atoms with Crippen LogP contribution in [0, 0.1) is 14.9 Å². The van der Waals surface area contributed by atoms with Gasteiger partial charge in [0.1, 0.15) is 18.2 Å². The normalized spacial score (nSPS) is 10.8. The molecule has 0 bridgehead atoms. The molecule has 3 aromatic carbocycles. The van der Waals surface area contributed by atoms with Crippen LogP contribution in [-0.2, 0) is 11.4 Å². The van der Waals surface area contributed by atoms with Crippen molar-refractivity contribution in [3.8, 4) is 17.6 Å². The van der Waals surface area contributed by atoms with E-state index in [0.29, 0.717) is 27.8 Å². The number of ether oxygens (including phenoxy) is 2. The van der Waals surface area contributed by atoms with Crippen molar-refractivity contribution in [2.24, 2.45) is 0 Å². The van der Waals surface area contributed by atoms with E-state index in [4.69, 9.17) is 21.1 Å². The van der Waals surface area contributed by atoms with Gasteiger partial charge in [0.05, 0.1) is 7.11 Å². The van der Waals surface area contributed by atoms with Crippen molar-refractivity contribution in [1.29, 1.82) is 5.26 Å². The Balaban J connectivity index is 1.75. The topological polar surface area (TPSA) is 71.3 Å². The molecule has 0 spiro atoms. The Morgan fingerprint density at radius 2 is 1.87 bits per heavy atom. The number of methoxy groups -OCH3 is 1. The molecule has 1 amide bonds. The van der Waals surface area contributed by atoms with Gasteiger partial charge in [-0.2, -0.15) is 5.26 Å².